The van der Waals surface area contributed by atoms with Gasteiger partial charge in [-0.15, -0.1) is 0 Å². The number of nitro groups is 2. The van der Waals surface area contributed by atoms with E-state index in [-0.39, 0.29) is 5.76 Å². The maximum Gasteiger partial charge on any atom is 0.335 e. The summed E-state index contributed by atoms with van der Waals surface area (Å²) in [6, 6.07) is 0. The van der Waals surface area contributed by atoms with Crippen molar-refractivity contribution in [3.63, 3.8) is 0 Å². The van der Waals surface area contributed by atoms with Crippen molar-refractivity contribution >= 4 is 5.97 Å². The van der Waals surface area contributed by atoms with Gasteiger partial charge in [-0.2, -0.15) is 0 Å². The molecular weight excluding hydrogens is 260 g/mol. The molecule has 2 atom stereocenters. The Morgan fingerprint density at radius 1 is 1.42 bits per heavy atom. The van der Waals surface area contributed by atoms with E-state index in [1.54, 1.807) is 0 Å². The minimum Gasteiger partial charge on any atom is -0.490 e. The predicted octanol–water partition coefficient (Wildman–Crippen LogP) is 0.658. The van der Waals surface area contributed by atoms with Crippen LogP contribution in [0.25, 0.3) is 0 Å². The molecule has 0 aromatic heterocycles. The summed E-state index contributed by atoms with van der Waals surface area (Å²) < 4.78 is 9.55. The van der Waals surface area contributed by atoms with Gasteiger partial charge in [0.2, 0.25) is 0 Å². The highest BCUT2D eigenvalue weighted by Crippen LogP contribution is 2.33. The normalized spacial score (nSPS) is 25.9. The molecule has 0 amide bonds. The van der Waals surface area contributed by atoms with E-state index in [9.17, 15) is 25.0 Å². The largest absolute Gasteiger partial charge is 0.490 e. The van der Waals surface area contributed by atoms with Gasteiger partial charge in [-0.1, -0.05) is 0 Å². The van der Waals surface area contributed by atoms with Crippen molar-refractivity contribution < 1.29 is 24.1 Å². The topological polar surface area (TPSA) is 122 Å². The van der Waals surface area contributed by atoms with Gasteiger partial charge in [-0.25, -0.2) is 0 Å². The number of ether oxygens (including phenoxy) is 2. The van der Waals surface area contributed by atoms with Crippen molar-refractivity contribution in [3.05, 3.63) is 43.8 Å². The van der Waals surface area contributed by atoms with E-state index in [2.05, 4.69) is 0 Å². The molecule has 0 saturated heterocycles. The van der Waals surface area contributed by atoms with E-state index < -0.39 is 33.2 Å². The lowest BCUT2D eigenvalue weighted by molar-refractivity contribution is -0.570. The van der Waals surface area contributed by atoms with Gasteiger partial charge in [-0.05, 0) is 6.08 Å². The third-order valence-electron chi connectivity index (χ3n) is 2.70. The Labute approximate surface area is 107 Å². The van der Waals surface area contributed by atoms with E-state index in [4.69, 9.17) is 9.47 Å². The van der Waals surface area contributed by atoms with Crippen LogP contribution in [0.2, 0.25) is 0 Å². The summed E-state index contributed by atoms with van der Waals surface area (Å²) >= 11 is 0. The quantitative estimate of drug-likeness (QED) is 0.418. The highest BCUT2D eigenvalue weighted by molar-refractivity contribution is 5.66. The van der Waals surface area contributed by atoms with E-state index in [0.29, 0.717) is 0 Å². The van der Waals surface area contributed by atoms with E-state index in [0.717, 1.165) is 26.0 Å². The van der Waals surface area contributed by atoms with E-state index >= 15 is 0 Å². The zero-order valence-corrected chi connectivity index (χ0v) is 10.5. The Bertz CT molecular complexity index is 496. The number of carbonyl (C=O) groups excluding carboxylic acids is 1. The highest BCUT2D eigenvalue weighted by atomic mass is 16.7. The number of hydrogen-bond acceptors (Lipinski definition) is 7. The molecule has 0 aromatic rings. The first-order valence-corrected chi connectivity index (χ1v) is 5.17. The fourth-order valence-corrected chi connectivity index (χ4v) is 1.68. The second kappa shape index (κ2) is 5.04. The number of nitrogens with zero attached hydrogens (tertiary/aromatic N) is 2. The highest BCUT2D eigenvalue weighted by Gasteiger charge is 2.56. The molecule has 1 aliphatic carbocycles. The number of hydrogen-bond donors (Lipinski definition) is 0. The van der Waals surface area contributed by atoms with Crippen LogP contribution < -0.4 is 0 Å². The number of allylic oxidation sites excluding steroid dienone is 1. The van der Waals surface area contributed by atoms with E-state index in [1.807, 2.05) is 0 Å². The number of rotatable bonds is 4. The van der Waals surface area contributed by atoms with Crippen molar-refractivity contribution in [3.8, 4) is 0 Å². The van der Waals surface area contributed by atoms with Gasteiger partial charge in [0, 0.05) is 24.8 Å². The Balaban J connectivity index is 3.42. The fourth-order valence-electron chi connectivity index (χ4n) is 1.68. The molecule has 0 saturated carbocycles. The van der Waals surface area contributed by atoms with Gasteiger partial charge < -0.3 is 9.47 Å². The third-order valence-corrected chi connectivity index (χ3v) is 2.70. The first kappa shape index (κ1) is 14.6. The van der Waals surface area contributed by atoms with Gasteiger partial charge in [-0.3, -0.25) is 25.0 Å². The van der Waals surface area contributed by atoms with Crippen LogP contribution in [0.1, 0.15) is 13.8 Å². The fraction of sp³-hybridized carbons (Fsp3) is 0.500. The lowest BCUT2D eigenvalue weighted by Gasteiger charge is -2.27. The lowest BCUT2D eigenvalue weighted by atomic mass is 9.88. The summed E-state index contributed by atoms with van der Waals surface area (Å²) in [6.45, 7) is 2.15. The summed E-state index contributed by atoms with van der Waals surface area (Å²) in [6.07, 6.45) is 0.572. The van der Waals surface area contributed by atoms with Gasteiger partial charge in [0.15, 0.2) is 5.76 Å². The molecule has 0 radical (unpaired) electrons. The molecule has 0 N–H and O–H groups in total. The van der Waals surface area contributed by atoms with Crippen LogP contribution in [0.5, 0.6) is 0 Å². The number of methoxy groups -OCH3 is 1. The van der Waals surface area contributed by atoms with Crippen LogP contribution in [-0.4, -0.2) is 34.6 Å². The van der Waals surface area contributed by atoms with Gasteiger partial charge in [0.05, 0.1) is 12.0 Å². The van der Waals surface area contributed by atoms with Crippen molar-refractivity contribution in [2.24, 2.45) is 0 Å². The minimum absolute atomic E-state index is 0.185. The molecule has 0 heterocycles. The van der Waals surface area contributed by atoms with Crippen LogP contribution in [-0.2, 0) is 14.3 Å². The Hall–Kier alpha value is -2.45. The van der Waals surface area contributed by atoms with Crippen molar-refractivity contribution in [1.82, 2.24) is 0 Å². The zero-order valence-electron chi connectivity index (χ0n) is 10.5. The molecule has 104 valence electrons. The van der Waals surface area contributed by atoms with Crippen LogP contribution in [0.15, 0.2) is 23.6 Å². The molecule has 19 heavy (non-hydrogen) atoms. The summed E-state index contributed by atoms with van der Waals surface area (Å²) in [4.78, 5) is 31.6. The third kappa shape index (κ3) is 2.54. The van der Waals surface area contributed by atoms with Gasteiger partial charge in [0.25, 0.3) is 11.6 Å². The second-order valence-corrected chi connectivity index (χ2v) is 4.02. The molecule has 0 aromatic carbocycles. The first-order valence-electron chi connectivity index (χ1n) is 5.17. The molecular formula is C10H12N2O7. The lowest BCUT2D eigenvalue weighted by Crippen LogP contribution is -2.51. The van der Waals surface area contributed by atoms with Crippen LogP contribution >= 0.6 is 0 Å². The molecule has 1 rings (SSSR count). The molecule has 0 spiro atoms. The minimum atomic E-state index is -1.92. The molecule has 0 bridgehead atoms. The SMILES string of the molecule is COC1=C([N+](=O)[O-])[C@H](OC(C)=O)[C@@](C)([N+](=O)[O-])C=C1. The zero-order chi connectivity index (χ0) is 14.8. The van der Waals surface area contributed by atoms with Gasteiger partial charge >= 0.3 is 11.7 Å². The standard InChI is InChI=1S/C10H12N2O7/c1-6(13)19-9-8(11(14)15)7(18-3)4-5-10(9,2)12(16)17/h4-5,9H,1-3H3/t9-,10-/m0/s1. The Kier molecular flexibility index (Phi) is 3.88. The molecule has 0 unspecified atom stereocenters. The van der Waals surface area contributed by atoms with Crippen LogP contribution in [0.3, 0.4) is 0 Å². The molecule has 0 aliphatic heterocycles. The molecule has 1 aliphatic rings. The first-order chi connectivity index (χ1) is 8.74. The average Bonchev–Trinajstić information content (AvgIpc) is 2.30. The monoisotopic (exact) mass is 272 g/mol. The molecule has 9 heteroatoms. The summed E-state index contributed by atoms with van der Waals surface area (Å²) in [5, 5.41) is 22.2. The predicted molar refractivity (Wildman–Crippen MR) is 61.1 cm³/mol. The van der Waals surface area contributed by atoms with Crippen molar-refractivity contribution in [2.75, 3.05) is 7.11 Å². The number of esters is 1. The molecule has 9 nitrogen and oxygen atoms in total. The Morgan fingerprint density at radius 3 is 2.37 bits per heavy atom. The van der Waals surface area contributed by atoms with Gasteiger partial charge in [0.1, 0.15) is 0 Å². The Morgan fingerprint density at radius 2 is 2.00 bits per heavy atom. The summed E-state index contributed by atoms with van der Waals surface area (Å²) in [5.41, 5.74) is -2.57. The molecule has 0 fully saturated rings. The van der Waals surface area contributed by atoms with Crippen molar-refractivity contribution in [1.29, 1.82) is 0 Å². The summed E-state index contributed by atoms with van der Waals surface area (Å²) in [5.74, 6) is -1.04. The maximum atomic E-state index is 11.1. The average molecular weight is 272 g/mol. The van der Waals surface area contributed by atoms with E-state index in [1.165, 1.54) is 7.11 Å². The van der Waals surface area contributed by atoms with Crippen molar-refractivity contribution in [2.45, 2.75) is 25.5 Å². The maximum absolute atomic E-state index is 11.1. The van der Waals surface area contributed by atoms with Crippen LogP contribution in [0, 0.1) is 20.2 Å². The van der Waals surface area contributed by atoms with Crippen LogP contribution in [0.4, 0.5) is 0 Å². The number of carbonyl (C=O) groups is 1. The second-order valence-electron chi connectivity index (χ2n) is 4.02. The smallest absolute Gasteiger partial charge is 0.335 e. The summed E-state index contributed by atoms with van der Waals surface area (Å²) in [7, 11) is 1.18.